The van der Waals surface area contributed by atoms with Gasteiger partial charge in [-0.15, -0.1) is 0 Å². The van der Waals surface area contributed by atoms with Crippen LogP contribution >= 0.6 is 0 Å². The molecule has 18 heavy (non-hydrogen) atoms. The van der Waals surface area contributed by atoms with Crippen molar-refractivity contribution >= 4 is 5.91 Å². The third-order valence-corrected chi connectivity index (χ3v) is 3.40. The summed E-state index contributed by atoms with van der Waals surface area (Å²) < 4.78 is 0. The van der Waals surface area contributed by atoms with E-state index in [4.69, 9.17) is 0 Å². The van der Waals surface area contributed by atoms with Gasteiger partial charge in [0.15, 0.2) is 0 Å². The van der Waals surface area contributed by atoms with Crippen LogP contribution in [0.15, 0.2) is 30.3 Å². The van der Waals surface area contributed by atoms with Crippen LogP contribution in [0, 0.1) is 0 Å². The molecule has 1 saturated heterocycles. The van der Waals surface area contributed by atoms with Crippen molar-refractivity contribution in [1.82, 2.24) is 10.6 Å². The zero-order chi connectivity index (χ0) is 12.6. The zero-order valence-corrected chi connectivity index (χ0v) is 10.8. The molecule has 1 heterocycles. The molecule has 0 radical (unpaired) electrons. The van der Waals surface area contributed by atoms with E-state index in [1.807, 2.05) is 6.07 Å². The number of carbonyl (C=O) groups excluding carboxylic acids is 1. The maximum atomic E-state index is 11.7. The van der Waals surface area contributed by atoms with Crippen molar-refractivity contribution in [2.24, 2.45) is 0 Å². The molecule has 0 saturated carbocycles. The SMILES string of the molecule is O=C(CC1CCCN1)NCCCc1ccccc1. The Morgan fingerprint density at radius 3 is 2.89 bits per heavy atom. The molecule has 1 aromatic carbocycles. The fourth-order valence-electron chi connectivity index (χ4n) is 2.39. The summed E-state index contributed by atoms with van der Waals surface area (Å²) in [5.74, 6) is 0.183. The van der Waals surface area contributed by atoms with Crippen LogP contribution in [0.3, 0.4) is 0 Å². The molecule has 1 fully saturated rings. The summed E-state index contributed by atoms with van der Waals surface area (Å²) in [5.41, 5.74) is 1.34. The Balaban J connectivity index is 1.56. The smallest absolute Gasteiger partial charge is 0.221 e. The highest BCUT2D eigenvalue weighted by atomic mass is 16.1. The summed E-state index contributed by atoms with van der Waals surface area (Å²) in [5, 5.41) is 6.34. The predicted molar refractivity (Wildman–Crippen MR) is 73.4 cm³/mol. The molecular weight excluding hydrogens is 224 g/mol. The van der Waals surface area contributed by atoms with Crippen molar-refractivity contribution < 1.29 is 4.79 Å². The van der Waals surface area contributed by atoms with E-state index in [-0.39, 0.29) is 5.91 Å². The first-order valence-corrected chi connectivity index (χ1v) is 6.88. The maximum absolute atomic E-state index is 11.7. The van der Waals surface area contributed by atoms with Gasteiger partial charge in [-0.1, -0.05) is 30.3 Å². The second-order valence-electron chi connectivity index (χ2n) is 4.94. The van der Waals surface area contributed by atoms with Gasteiger partial charge in [-0.2, -0.15) is 0 Å². The second-order valence-corrected chi connectivity index (χ2v) is 4.94. The highest BCUT2D eigenvalue weighted by molar-refractivity contribution is 5.76. The predicted octanol–water partition coefficient (Wildman–Crippen LogP) is 1.88. The van der Waals surface area contributed by atoms with Gasteiger partial charge in [0.2, 0.25) is 5.91 Å². The summed E-state index contributed by atoms with van der Waals surface area (Å²) >= 11 is 0. The molecule has 1 aromatic rings. The molecule has 0 bridgehead atoms. The number of amides is 1. The van der Waals surface area contributed by atoms with E-state index in [1.165, 1.54) is 12.0 Å². The molecule has 0 spiro atoms. The minimum atomic E-state index is 0.183. The van der Waals surface area contributed by atoms with E-state index in [1.54, 1.807) is 0 Å². The van der Waals surface area contributed by atoms with Gasteiger partial charge in [0.05, 0.1) is 0 Å². The number of hydrogen-bond donors (Lipinski definition) is 2. The first kappa shape index (κ1) is 13.1. The quantitative estimate of drug-likeness (QED) is 0.752. The maximum Gasteiger partial charge on any atom is 0.221 e. The monoisotopic (exact) mass is 246 g/mol. The van der Waals surface area contributed by atoms with Gasteiger partial charge in [-0.05, 0) is 37.8 Å². The van der Waals surface area contributed by atoms with Crippen LogP contribution in [0.5, 0.6) is 0 Å². The summed E-state index contributed by atoms with van der Waals surface area (Å²) in [4.78, 5) is 11.7. The molecule has 0 aliphatic carbocycles. The van der Waals surface area contributed by atoms with Crippen LogP contribution in [0.2, 0.25) is 0 Å². The molecule has 3 nitrogen and oxygen atoms in total. The van der Waals surface area contributed by atoms with Gasteiger partial charge < -0.3 is 10.6 Å². The molecule has 1 amide bonds. The second kappa shape index (κ2) is 7.17. The lowest BCUT2D eigenvalue weighted by atomic mass is 10.1. The highest BCUT2D eigenvalue weighted by Gasteiger charge is 2.16. The Morgan fingerprint density at radius 1 is 1.33 bits per heavy atom. The molecule has 1 aliphatic rings. The van der Waals surface area contributed by atoms with Gasteiger partial charge in [-0.25, -0.2) is 0 Å². The number of nitrogens with one attached hydrogen (secondary N) is 2. The Hall–Kier alpha value is -1.35. The van der Waals surface area contributed by atoms with Gasteiger partial charge in [0, 0.05) is 19.0 Å². The number of aryl methyl sites for hydroxylation is 1. The average molecular weight is 246 g/mol. The summed E-state index contributed by atoms with van der Waals surface area (Å²) in [6.07, 6.45) is 5.01. The van der Waals surface area contributed by atoms with Crippen LogP contribution in [0.4, 0.5) is 0 Å². The minimum Gasteiger partial charge on any atom is -0.356 e. The molecule has 1 aliphatic heterocycles. The van der Waals surface area contributed by atoms with E-state index in [0.29, 0.717) is 12.5 Å². The van der Waals surface area contributed by atoms with Crippen LogP contribution in [-0.4, -0.2) is 25.0 Å². The lowest BCUT2D eigenvalue weighted by Crippen LogP contribution is -2.32. The van der Waals surface area contributed by atoms with Crippen molar-refractivity contribution in [2.75, 3.05) is 13.1 Å². The molecule has 1 unspecified atom stereocenters. The first-order valence-electron chi connectivity index (χ1n) is 6.88. The van der Waals surface area contributed by atoms with E-state index < -0.39 is 0 Å². The Kier molecular flexibility index (Phi) is 5.21. The zero-order valence-electron chi connectivity index (χ0n) is 10.8. The number of carbonyl (C=O) groups is 1. The number of rotatable bonds is 6. The third-order valence-electron chi connectivity index (χ3n) is 3.40. The Morgan fingerprint density at radius 2 is 2.17 bits per heavy atom. The lowest BCUT2D eigenvalue weighted by molar-refractivity contribution is -0.121. The molecule has 3 heteroatoms. The fraction of sp³-hybridized carbons (Fsp3) is 0.533. The fourth-order valence-corrected chi connectivity index (χ4v) is 2.39. The highest BCUT2D eigenvalue weighted by Crippen LogP contribution is 2.08. The molecule has 0 aromatic heterocycles. The lowest BCUT2D eigenvalue weighted by Gasteiger charge is -2.10. The van der Waals surface area contributed by atoms with Crippen molar-refractivity contribution in [2.45, 2.75) is 38.1 Å². The van der Waals surface area contributed by atoms with Crippen LogP contribution in [0.1, 0.15) is 31.2 Å². The first-order chi connectivity index (χ1) is 8.84. The van der Waals surface area contributed by atoms with Gasteiger partial charge in [0.1, 0.15) is 0 Å². The molecule has 1 atom stereocenters. The van der Waals surface area contributed by atoms with Crippen molar-refractivity contribution in [1.29, 1.82) is 0 Å². The summed E-state index contributed by atoms with van der Waals surface area (Å²) in [7, 11) is 0. The van der Waals surface area contributed by atoms with Crippen LogP contribution < -0.4 is 10.6 Å². The molecule has 2 N–H and O–H groups in total. The van der Waals surface area contributed by atoms with Gasteiger partial charge in [-0.3, -0.25) is 4.79 Å². The van der Waals surface area contributed by atoms with Crippen molar-refractivity contribution in [3.05, 3.63) is 35.9 Å². The Bertz CT molecular complexity index is 358. The summed E-state index contributed by atoms with van der Waals surface area (Å²) in [6, 6.07) is 10.8. The molecule has 2 rings (SSSR count). The van der Waals surface area contributed by atoms with Crippen molar-refractivity contribution in [3.8, 4) is 0 Å². The minimum absolute atomic E-state index is 0.183. The topological polar surface area (TPSA) is 41.1 Å². The standard InChI is InChI=1S/C15H22N2O/c18-15(12-14-9-5-10-16-14)17-11-4-8-13-6-2-1-3-7-13/h1-3,6-7,14,16H,4-5,8-12H2,(H,17,18). The third kappa shape index (κ3) is 4.49. The van der Waals surface area contributed by atoms with E-state index in [2.05, 4.69) is 34.9 Å². The van der Waals surface area contributed by atoms with Gasteiger partial charge in [0.25, 0.3) is 0 Å². The van der Waals surface area contributed by atoms with Gasteiger partial charge >= 0.3 is 0 Å². The van der Waals surface area contributed by atoms with Crippen LogP contribution in [0.25, 0.3) is 0 Å². The number of benzene rings is 1. The summed E-state index contributed by atoms with van der Waals surface area (Å²) in [6.45, 7) is 1.84. The molecule has 98 valence electrons. The normalized spacial score (nSPS) is 18.8. The van der Waals surface area contributed by atoms with E-state index in [0.717, 1.165) is 32.4 Å². The number of hydrogen-bond acceptors (Lipinski definition) is 2. The van der Waals surface area contributed by atoms with Crippen LogP contribution in [-0.2, 0) is 11.2 Å². The molecular formula is C15H22N2O. The van der Waals surface area contributed by atoms with E-state index >= 15 is 0 Å². The van der Waals surface area contributed by atoms with E-state index in [9.17, 15) is 4.79 Å². The van der Waals surface area contributed by atoms with Crippen molar-refractivity contribution in [3.63, 3.8) is 0 Å². The Labute approximate surface area is 109 Å². The largest absolute Gasteiger partial charge is 0.356 e. The average Bonchev–Trinajstić information content (AvgIpc) is 2.89.